The molecule has 0 atom stereocenters. The van der Waals surface area contributed by atoms with Gasteiger partial charge >= 0.3 is 5.63 Å². The summed E-state index contributed by atoms with van der Waals surface area (Å²) in [5, 5.41) is 9.92. The lowest BCUT2D eigenvalue weighted by Crippen LogP contribution is -2.22. The van der Waals surface area contributed by atoms with Gasteiger partial charge in [0, 0.05) is 24.5 Å². The van der Waals surface area contributed by atoms with E-state index in [2.05, 4.69) is 0 Å². The molecule has 1 aromatic carbocycles. The highest BCUT2D eigenvalue weighted by Gasteiger charge is 2.10. The van der Waals surface area contributed by atoms with E-state index in [9.17, 15) is 4.79 Å². The topological polar surface area (TPSA) is 53.7 Å². The van der Waals surface area contributed by atoms with Crippen LogP contribution in [0.25, 0.3) is 11.0 Å². The maximum absolute atomic E-state index is 11.6. The first-order valence-corrected chi connectivity index (χ1v) is 6.34. The summed E-state index contributed by atoms with van der Waals surface area (Å²) in [4.78, 5) is 13.6. The van der Waals surface area contributed by atoms with E-state index in [-0.39, 0.29) is 12.2 Å². The molecule has 0 aliphatic heterocycles. The van der Waals surface area contributed by atoms with E-state index in [0.717, 1.165) is 22.1 Å². The zero-order valence-corrected chi connectivity index (χ0v) is 11.6. The average molecular weight is 261 g/mol. The van der Waals surface area contributed by atoms with Crippen LogP contribution in [0, 0.1) is 13.8 Å². The van der Waals surface area contributed by atoms with Crippen LogP contribution in [-0.4, -0.2) is 30.2 Å². The van der Waals surface area contributed by atoms with Crippen LogP contribution in [0.1, 0.15) is 16.7 Å². The minimum absolute atomic E-state index is 0.105. The Bertz CT molecular complexity index is 646. The molecule has 1 aromatic heterocycles. The van der Waals surface area contributed by atoms with Gasteiger partial charge in [-0.3, -0.25) is 4.90 Å². The molecular formula is C15H19NO3. The average Bonchev–Trinajstić information content (AvgIpc) is 2.31. The van der Waals surface area contributed by atoms with Crippen LogP contribution in [0.3, 0.4) is 0 Å². The van der Waals surface area contributed by atoms with Crippen LogP contribution >= 0.6 is 0 Å². The lowest BCUT2D eigenvalue weighted by atomic mass is 10.0. The fourth-order valence-electron chi connectivity index (χ4n) is 2.35. The van der Waals surface area contributed by atoms with Crippen LogP contribution < -0.4 is 5.63 Å². The van der Waals surface area contributed by atoms with Gasteiger partial charge < -0.3 is 9.52 Å². The number of fused-ring (bicyclic) bond motifs is 1. The molecular weight excluding hydrogens is 242 g/mol. The molecule has 1 N–H and O–H groups in total. The second kappa shape index (κ2) is 5.55. The molecule has 0 spiro atoms. The Morgan fingerprint density at radius 1 is 1.26 bits per heavy atom. The van der Waals surface area contributed by atoms with Crippen LogP contribution in [0.2, 0.25) is 0 Å². The highest BCUT2D eigenvalue weighted by Crippen LogP contribution is 2.23. The standard InChI is InChI=1S/C15H19NO3/c1-10-6-11(2)15-13(7-10)12(8-14(18)19-15)9-16(3)4-5-17/h6-8,17H,4-5,9H2,1-3H3. The van der Waals surface area contributed by atoms with Gasteiger partial charge in [-0.2, -0.15) is 0 Å². The molecule has 4 heteroatoms. The second-order valence-corrected chi connectivity index (χ2v) is 5.01. The summed E-state index contributed by atoms with van der Waals surface area (Å²) in [6, 6.07) is 5.58. The monoisotopic (exact) mass is 261 g/mol. The quantitative estimate of drug-likeness (QED) is 0.853. The predicted molar refractivity (Wildman–Crippen MR) is 75.4 cm³/mol. The Labute approximate surface area is 112 Å². The number of hydrogen-bond donors (Lipinski definition) is 1. The highest BCUT2D eigenvalue weighted by atomic mass is 16.4. The molecule has 1 heterocycles. The van der Waals surface area contributed by atoms with E-state index >= 15 is 0 Å². The highest BCUT2D eigenvalue weighted by molar-refractivity contribution is 5.83. The van der Waals surface area contributed by atoms with Gasteiger partial charge in [0.25, 0.3) is 0 Å². The van der Waals surface area contributed by atoms with Gasteiger partial charge in [-0.1, -0.05) is 6.07 Å². The second-order valence-electron chi connectivity index (χ2n) is 5.01. The number of aliphatic hydroxyl groups is 1. The van der Waals surface area contributed by atoms with Crippen LogP contribution in [0.5, 0.6) is 0 Å². The molecule has 2 rings (SSSR count). The van der Waals surface area contributed by atoms with Crippen LogP contribution in [0.15, 0.2) is 27.4 Å². The molecule has 102 valence electrons. The summed E-state index contributed by atoms with van der Waals surface area (Å²) in [5.41, 5.74) is 3.38. The molecule has 0 unspecified atom stereocenters. The van der Waals surface area contributed by atoms with E-state index in [1.54, 1.807) is 0 Å². The smallest absolute Gasteiger partial charge is 0.336 e. The molecule has 0 bridgehead atoms. The van der Waals surface area contributed by atoms with Crippen molar-refractivity contribution in [3.63, 3.8) is 0 Å². The van der Waals surface area contributed by atoms with Crippen molar-refractivity contribution in [2.75, 3.05) is 20.2 Å². The summed E-state index contributed by atoms with van der Waals surface area (Å²) in [6.07, 6.45) is 0. The van der Waals surface area contributed by atoms with E-state index in [1.165, 1.54) is 6.07 Å². The molecule has 0 saturated heterocycles. The molecule has 0 amide bonds. The zero-order chi connectivity index (χ0) is 14.0. The summed E-state index contributed by atoms with van der Waals surface area (Å²) in [5.74, 6) is 0. The van der Waals surface area contributed by atoms with Gasteiger partial charge in [0.05, 0.1) is 6.61 Å². The molecule has 0 aliphatic rings. The summed E-state index contributed by atoms with van der Waals surface area (Å²) in [6.45, 7) is 5.27. The third-order valence-corrected chi connectivity index (χ3v) is 3.18. The Morgan fingerprint density at radius 3 is 2.68 bits per heavy atom. The minimum Gasteiger partial charge on any atom is -0.422 e. The SMILES string of the molecule is Cc1cc(C)c2oc(=O)cc(CN(C)CCO)c2c1. The first-order valence-electron chi connectivity index (χ1n) is 6.34. The molecule has 4 nitrogen and oxygen atoms in total. The van der Waals surface area contributed by atoms with Crippen molar-refractivity contribution in [2.45, 2.75) is 20.4 Å². The predicted octanol–water partition coefficient (Wildman–Crippen LogP) is 1.83. The first-order chi connectivity index (χ1) is 9.01. The number of hydrogen-bond acceptors (Lipinski definition) is 4. The number of benzene rings is 1. The normalized spacial score (nSPS) is 11.4. The Balaban J connectivity index is 2.56. The fraction of sp³-hybridized carbons (Fsp3) is 0.400. The Hall–Kier alpha value is -1.65. The summed E-state index contributed by atoms with van der Waals surface area (Å²) >= 11 is 0. The molecule has 0 fully saturated rings. The van der Waals surface area contributed by atoms with Crippen molar-refractivity contribution >= 4 is 11.0 Å². The number of aliphatic hydroxyl groups excluding tert-OH is 1. The van der Waals surface area contributed by atoms with Crippen LogP contribution in [0.4, 0.5) is 0 Å². The largest absolute Gasteiger partial charge is 0.422 e. The van der Waals surface area contributed by atoms with Gasteiger partial charge in [-0.25, -0.2) is 4.79 Å². The van der Waals surface area contributed by atoms with Crippen molar-refractivity contribution in [1.29, 1.82) is 0 Å². The maximum atomic E-state index is 11.6. The van der Waals surface area contributed by atoms with Gasteiger partial charge in [0.1, 0.15) is 5.58 Å². The molecule has 2 aromatic rings. The van der Waals surface area contributed by atoms with Crippen molar-refractivity contribution in [3.8, 4) is 0 Å². The van der Waals surface area contributed by atoms with Crippen molar-refractivity contribution in [1.82, 2.24) is 4.90 Å². The van der Waals surface area contributed by atoms with Gasteiger partial charge in [0.15, 0.2) is 0 Å². The van der Waals surface area contributed by atoms with E-state index in [0.29, 0.717) is 18.7 Å². The molecule has 0 aliphatic carbocycles. The van der Waals surface area contributed by atoms with Crippen LogP contribution in [-0.2, 0) is 6.54 Å². The van der Waals surface area contributed by atoms with E-state index < -0.39 is 0 Å². The van der Waals surface area contributed by atoms with E-state index in [1.807, 2.05) is 37.9 Å². The Kier molecular flexibility index (Phi) is 4.02. The third-order valence-electron chi connectivity index (χ3n) is 3.18. The van der Waals surface area contributed by atoms with Gasteiger partial charge in [0.2, 0.25) is 0 Å². The Morgan fingerprint density at radius 2 is 2.00 bits per heavy atom. The van der Waals surface area contributed by atoms with E-state index in [4.69, 9.17) is 9.52 Å². The lowest BCUT2D eigenvalue weighted by molar-refractivity contribution is 0.217. The summed E-state index contributed by atoms with van der Waals surface area (Å²) in [7, 11) is 1.92. The van der Waals surface area contributed by atoms with Crippen molar-refractivity contribution in [2.24, 2.45) is 0 Å². The fourth-order valence-corrected chi connectivity index (χ4v) is 2.35. The first kappa shape index (κ1) is 13.8. The van der Waals surface area contributed by atoms with Crippen molar-refractivity contribution in [3.05, 3.63) is 45.3 Å². The van der Waals surface area contributed by atoms with Gasteiger partial charge in [-0.15, -0.1) is 0 Å². The minimum atomic E-state index is -0.327. The molecule has 0 saturated carbocycles. The number of aryl methyl sites for hydroxylation is 2. The maximum Gasteiger partial charge on any atom is 0.336 e. The van der Waals surface area contributed by atoms with Crippen molar-refractivity contribution < 1.29 is 9.52 Å². The number of rotatable bonds is 4. The number of likely N-dealkylation sites (N-methyl/N-ethyl adjacent to an activating group) is 1. The molecule has 0 radical (unpaired) electrons. The van der Waals surface area contributed by atoms with Gasteiger partial charge in [-0.05, 0) is 43.7 Å². The lowest BCUT2D eigenvalue weighted by Gasteiger charge is -2.16. The summed E-state index contributed by atoms with van der Waals surface area (Å²) < 4.78 is 5.31. The third kappa shape index (κ3) is 3.03. The molecule has 19 heavy (non-hydrogen) atoms. The number of nitrogens with zero attached hydrogens (tertiary/aromatic N) is 1. The zero-order valence-electron chi connectivity index (χ0n) is 11.6.